The molecule has 5 heterocycles. The number of nitrogens with two attached hydrogens (primary N) is 1. The molecule has 7 aromatic rings. The van der Waals surface area contributed by atoms with Gasteiger partial charge in [-0.05, 0) is 134 Å². The highest BCUT2D eigenvalue weighted by atomic mass is 35.5. The smallest absolute Gasteiger partial charge is 0.335 e. The van der Waals surface area contributed by atoms with Crippen LogP contribution in [0.2, 0.25) is 20.7 Å². The summed E-state index contributed by atoms with van der Waals surface area (Å²) in [5.74, 6) is 0.767. The predicted molar refractivity (Wildman–Crippen MR) is 301 cm³/mol. The quantitative estimate of drug-likeness (QED) is 0.0493. The van der Waals surface area contributed by atoms with E-state index in [4.69, 9.17) is 90.4 Å². The molecule has 0 atom stereocenters. The Morgan fingerprint density at radius 2 is 1.09 bits per heavy atom. The lowest BCUT2D eigenvalue weighted by Crippen LogP contribution is -2.49. The number of aromatic nitrogens is 4. The molecular weight excluding hydrogens is 1090 g/mol. The van der Waals surface area contributed by atoms with Gasteiger partial charge in [-0.15, -0.1) is 0 Å². The second-order valence-corrected chi connectivity index (χ2v) is 20.2. The summed E-state index contributed by atoms with van der Waals surface area (Å²) >= 11 is 23.2. The number of benzene rings is 5. The largest absolute Gasteiger partial charge is 0.497 e. The Bertz CT molecular complexity index is 3060. The fourth-order valence-corrected chi connectivity index (χ4v) is 8.48. The molecule has 21 heteroatoms. The van der Waals surface area contributed by atoms with Crippen molar-refractivity contribution in [2.75, 3.05) is 72.3 Å². The molecule has 10 rings (SSSR count). The summed E-state index contributed by atoms with van der Waals surface area (Å²) in [6.07, 6.45) is 3.13. The van der Waals surface area contributed by atoms with Crippen molar-refractivity contribution >= 4 is 91.9 Å². The van der Waals surface area contributed by atoms with Gasteiger partial charge >= 0.3 is 17.9 Å². The molecule has 0 bridgehead atoms. The predicted octanol–water partition coefficient (Wildman–Crippen LogP) is 11.3. The summed E-state index contributed by atoms with van der Waals surface area (Å²) in [5.41, 5.74) is 11.0. The third-order valence-electron chi connectivity index (χ3n) is 12.4. The number of nitrogens with one attached hydrogen (secondary N) is 1. The molecular formula is C57H62Cl4N6O11. The molecule has 3 aliphatic rings. The Hall–Kier alpha value is -6.41. The summed E-state index contributed by atoms with van der Waals surface area (Å²) in [4.78, 5) is 51.0. The van der Waals surface area contributed by atoms with Gasteiger partial charge in [0.15, 0.2) is 0 Å². The lowest BCUT2D eigenvalue weighted by molar-refractivity contribution is -0.161. The van der Waals surface area contributed by atoms with Crippen molar-refractivity contribution in [2.45, 2.75) is 52.7 Å². The number of aryl methyl sites for hydroxylation is 2. The molecule has 0 unspecified atom stereocenters. The zero-order valence-corrected chi connectivity index (χ0v) is 46.7. The first-order valence-corrected chi connectivity index (χ1v) is 26.3. The number of halogens is 4. The Balaban J connectivity index is 0.000000177. The molecule has 0 saturated carbocycles. The number of esters is 2. The Kier molecular flexibility index (Phi) is 23.5. The molecule has 3 aliphatic heterocycles. The van der Waals surface area contributed by atoms with Crippen LogP contribution in [0, 0.1) is 24.7 Å². The van der Waals surface area contributed by atoms with Gasteiger partial charge in [0.25, 0.3) is 0 Å². The fraction of sp³-hybridized carbons (Fsp3) is 0.351. The number of ether oxygens (including phenoxy) is 7. The highest BCUT2D eigenvalue weighted by molar-refractivity contribution is 6.35. The van der Waals surface area contributed by atoms with Crippen LogP contribution in [0.15, 0.2) is 109 Å². The number of rotatable bonds is 15. The molecule has 78 heavy (non-hydrogen) atoms. The van der Waals surface area contributed by atoms with Gasteiger partial charge in [0, 0.05) is 52.9 Å². The summed E-state index contributed by atoms with van der Waals surface area (Å²) in [5, 5.41) is 14.8. The minimum Gasteiger partial charge on any atom is -0.497 e. The van der Waals surface area contributed by atoms with Crippen LogP contribution in [0.5, 0.6) is 11.5 Å². The molecule has 0 aliphatic carbocycles. The molecule has 17 nitrogen and oxygen atoms in total. The number of fused-ring (bicyclic) bond motifs is 2. The van der Waals surface area contributed by atoms with Gasteiger partial charge in [-0.25, -0.2) is 24.7 Å². The van der Waals surface area contributed by atoms with Crippen LogP contribution < -0.4 is 20.5 Å². The number of carbonyl (C=O) groups excluding carboxylic acids is 2. The number of aromatic carboxylic acids is 1. The molecule has 0 amide bonds. The molecule has 5 aromatic carbocycles. The van der Waals surface area contributed by atoms with Gasteiger partial charge in [-0.1, -0.05) is 70.7 Å². The third-order valence-corrected chi connectivity index (χ3v) is 13.3. The van der Waals surface area contributed by atoms with E-state index in [0.717, 1.165) is 68.8 Å². The molecule has 3 saturated heterocycles. The number of hydrogen-bond acceptors (Lipinski definition) is 16. The van der Waals surface area contributed by atoms with E-state index in [1.807, 2.05) is 98.8 Å². The van der Waals surface area contributed by atoms with Crippen molar-refractivity contribution in [3.8, 4) is 11.5 Å². The van der Waals surface area contributed by atoms with Crippen LogP contribution in [0.4, 0.5) is 5.82 Å². The standard InChI is InChI=1S/C23H24ClN3O4.C14H19NO4.C9H6Cl2N2.C7H5ClO2.C4H8O/c1-15-3-8-19-18(9-15)21(27-22(24)26-19)25-12-23(13-30-14-23)10-20(28)31-11-16-4-6-17(29-2)7-5-16;1-17-12-4-2-11(3-5-12)7-19-13(16)6-14(8-15)9-18-10-14;1-5-2-3-7-6(4-5)8(10)13-9(11)12-7;8-6-3-1-5(2-4-6)7(9)10;1-2-4-5-3-1/h3-9H,10-14H2,1-2H3,(H,25,26,27);2-5H,6-10,15H2,1H3;2-4H,1H3;1-4H,(H,9,10);1-4H2. The van der Waals surface area contributed by atoms with Crippen LogP contribution in [0.3, 0.4) is 0 Å². The van der Waals surface area contributed by atoms with Crippen molar-refractivity contribution < 1.29 is 52.6 Å². The molecule has 2 aromatic heterocycles. The highest BCUT2D eigenvalue weighted by Gasteiger charge is 2.42. The summed E-state index contributed by atoms with van der Waals surface area (Å²) in [7, 11) is 3.23. The Morgan fingerprint density at radius 3 is 1.53 bits per heavy atom. The average Bonchev–Trinajstić information content (AvgIpc) is 4.03. The van der Waals surface area contributed by atoms with Gasteiger partial charge in [0.05, 0.1) is 70.1 Å². The van der Waals surface area contributed by atoms with E-state index in [1.54, 1.807) is 26.4 Å². The van der Waals surface area contributed by atoms with E-state index in [9.17, 15) is 14.4 Å². The number of carboxylic acid groups (broad SMARTS) is 1. The van der Waals surface area contributed by atoms with Crippen LogP contribution in [-0.2, 0) is 46.5 Å². The fourth-order valence-electron chi connectivity index (χ4n) is 7.73. The number of hydrogen-bond donors (Lipinski definition) is 3. The molecule has 414 valence electrons. The van der Waals surface area contributed by atoms with E-state index in [0.29, 0.717) is 61.9 Å². The maximum atomic E-state index is 12.5. The van der Waals surface area contributed by atoms with Crippen LogP contribution in [0.1, 0.15) is 58.3 Å². The number of carboxylic acids is 1. The molecule has 3 fully saturated rings. The monoisotopic (exact) mass is 1150 g/mol. The number of carbonyl (C=O) groups is 3. The van der Waals surface area contributed by atoms with E-state index in [-0.39, 0.29) is 58.5 Å². The van der Waals surface area contributed by atoms with E-state index in [1.165, 1.54) is 25.0 Å². The average molecular weight is 1150 g/mol. The number of anilines is 1. The van der Waals surface area contributed by atoms with Crippen molar-refractivity contribution in [1.82, 2.24) is 19.9 Å². The van der Waals surface area contributed by atoms with Gasteiger partial charge in [0.1, 0.15) is 35.7 Å². The van der Waals surface area contributed by atoms with Crippen LogP contribution >= 0.6 is 46.4 Å². The van der Waals surface area contributed by atoms with E-state index in [2.05, 4.69) is 25.3 Å². The minimum absolute atomic E-state index is 0.177. The summed E-state index contributed by atoms with van der Waals surface area (Å²) < 4.78 is 36.4. The van der Waals surface area contributed by atoms with Gasteiger partial charge < -0.3 is 49.3 Å². The Labute approximate surface area is 472 Å². The van der Waals surface area contributed by atoms with Crippen molar-refractivity contribution in [1.29, 1.82) is 0 Å². The number of methoxy groups -OCH3 is 2. The first kappa shape index (κ1) is 60.8. The topological polar surface area (TPSA) is 226 Å². The van der Waals surface area contributed by atoms with Crippen LogP contribution in [0.25, 0.3) is 21.8 Å². The SMILES string of the molecule is C1CCOC1.COc1ccc(COC(=O)CC2(CN)COC2)cc1.COc1ccc(COC(=O)CC2(CNc3nc(Cl)nc4ccc(C)cc34)COC2)cc1.Cc1ccc2nc(Cl)nc(Cl)c2c1.O=C(O)c1ccc(Cl)cc1. The second kappa shape index (κ2) is 30.1. The maximum Gasteiger partial charge on any atom is 0.335 e. The maximum absolute atomic E-state index is 12.5. The zero-order valence-electron chi connectivity index (χ0n) is 43.7. The van der Waals surface area contributed by atoms with Gasteiger partial charge in [-0.2, -0.15) is 0 Å². The molecule has 0 radical (unpaired) electrons. The molecule has 0 spiro atoms. The van der Waals surface area contributed by atoms with Gasteiger partial charge in [-0.3, -0.25) is 9.59 Å². The second-order valence-electron chi connectivity index (χ2n) is 18.7. The highest BCUT2D eigenvalue weighted by Crippen LogP contribution is 2.34. The first-order valence-electron chi connectivity index (χ1n) is 24.8. The Morgan fingerprint density at radius 1 is 0.615 bits per heavy atom. The van der Waals surface area contributed by atoms with Crippen molar-refractivity contribution in [3.63, 3.8) is 0 Å². The van der Waals surface area contributed by atoms with Crippen LogP contribution in [-0.4, -0.2) is 110 Å². The summed E-state index contributed by atoms with van der Waals surface area (Å²) in [6.45, 7) is 9.50. The normalized spacial score (nSPS) is 14.4. The van der Waals surface area contributed by atoms with Crippen molar-refractivity contribution in [2.24, 2.45) is 16.6 Å². The first-order chi connectivity index (χ1) is 37.5. The number of nitrogens with zero attached hydrogens (tertiary/aromatic N) is 4. The van der Waals surface area contributed by atoms with Crippen molar-refractivity contribution in [3.05, 3.63) is 158 Å². The molecule has 4 N–H and O–H groups in total. The lowest BCUT2D eigenvalue weighted by atomic mass is 9.82. The summed E-state index contributed by atoms with van der Waals surface area (Å²) in [6, 6.07) is 32.6. The van der Waals surface area contributed by atoms with E-state index < -0.39 is 5.97 Å². The third kappa shape index (κ3) is 18.9. The minimum atomic E-state index is -0.934. The zero-order chi connectivity index (χ0) is 56.1. The van der Waals surface area contributed by atoms with E-state index >= 15 is 0 Å². The van der Waals surface area contributed by atoms with Gasteiger partial charge in [0.2, 0.25) is 10.6 Å². The lowest BCUT2D eigenvalue weighted by Gasteiger charge is -2.40.